The number of alkyl halides is 3. The van der Waals surface area contributed by atoms with Crippen LogP contribution in [0.1, 0.15) is 11.4 Å². The Labute approximate surface area is 94.8 Å². The van der Waals surface area contributed by atoms with E-state index in [-0.39, 0.29) is 30.0 Å². The van der Waals surface area contributed by atoms with Crippen LogP contribution >= 0.6 is 0 Å². The van der Waals surface area contributed by atoms with Crippen LogP contribution in [0.15, 0.2) is 6.07 Å². The molecule has 0 bridgehead atoms. The van der Waals surface area contributed by atoms with Crippen molar-refractivity contribution in [3.05, 3.63) is 17.5 Å². The number of nitriles is 1. The summed E-state index contributed by atoms with van der Waals surface area (Å²) >= 11 is 0. The van der Waals surface area contributed by atoms with Gasteiger partial charge in [0.1, 0.15) is 0 Å². The number of halogens is 3. The maximum absolute atomic E-state index is 12.1. The Balaban J connectivity index is 3.19. The third-order valence-corrected chi connectivity index (χ3v) is 1.84. The molecular weight excluding hydrogens is 237 g/mol. The van der Waals surface area contributed by atoms with Crippen molar-refractivity contribution in [1.29, 1.82) is 5.26 Å². The highest BCUT2D eigenvalue weighted by atomic mass is 19.4. The highest BCUT2D eigenvalue weighted by molar-refractivity contribution is 5.50. The van der Waals surface area contributed by atoms with Gasteiger partial charge in [0.2, 0.25) is 0 Å². The van der Waals surface area contributed by atoms with Crippen LogP contribution < -0.4 is 16.2 Å². The minimum absolute atomic E-state index is 0.00607. The summed E-state index contributed by atoms with van der Waals surface area (Å²) in [4.78, 5) is 3.77. The Morgan fingerprint density at radius 1 is 1.41 bits per heavy atom. The van der Waals surface area contributed by atoms with Gasteiger partial charge in [-0.1, -0.05) is 0 Å². The van der Waals surface area contributed by atoms with Crippen molar-refractivity contribution in [3.63, 3.8) is 0 Å². The van der Waals surface area contributed by atoms with Gasteiger partial charge in [-0.15, -0.1) is 13.2 Å². The number of hydrogen-bond acceptors (Lipinski definition) is 5. The molecule has 1 heterocycles. The van der Waals surface area contributed by atoms with Crippen molar-refractivity contribution in [3.8, 4) is 11.8 Å². The summed E-state index contributed by atoms with van der Waals surface area (Å²) in [6, 6.07) is 2.66. The van der Waals surface area contributed by atoms with Crippen molar-refractivity contribution >= 4 is 5.69 Å². The third kappa shape index (κ3) is 3.49. The van der Waals surface area contributed by atoms with E-state index in [9.17, 15) is 13.2 Å². The van der Waals surface area contributed by atoms with Gasteiger partial charge in [0.15, 0.2) is 5.75 Å². The van der Waals surface area contributed by atoms with E-state index in [0.29, 0.717) is 0 Å². The number of aromatic nitrogens is 1. The monoisotopic (exact) mass is 246 g/mol. The van der Waals surface area contributed by atoms with Gasteiger partial charge in [-0.05, 0) is 0 Å². The fourth-order valence-electron chi connectivity index (χ4n) is 1.17. The normalized spacial score (nSPS) is 11.0. The lowest BCUT2D eigenvalue weighted by Crippen LogP contribution is -2.19. The minimum atomic E-state index is -4.86. The van der Waals surface area contributed by atoms with Gasteiger partial charge in [0.25, 0.3) is 0 Å². The molecule has 0 radical (unpaired) electrons. The summed E-state index contributed by atoms with van der Waals surface area (Å²) in [7, 11) is 0. The number of ether oxygens (including phenoxy) is 1. The molecule has 0 unspecified atom stereocenters. The van der Waals surface area contributed by atoms with Crippen LogP contribution in [0.4, 0.5) is 18.9 Å². The molecule has 0 spiro atoms. The molecule has 92 valence electrons. The summed E-state index contributed by atoms with van der Waals surface area (Å²) in [6.07, 6.45) is -5.18. The number of nitrogens with two attached hydrogens (primary N) is 2. The molecule has 0 saturated heterocycles. The molecule has 5 nitrogen and oxygen atoms in total. The van der Waals surface area contributed by atoms with Gasteiger partial charge < -0.3 is 16.2 Å². The molecule has 4 N–H and O–H groups in total. The second-order valence-electron chi connectivity index (χ2n) is 3.06. The summed E-state index contributed by atoms with van der Waals surface area (Å²) in [5, 5.41) is 8.49. The predicted molar refractivity (Wildman–Crippen MR) is 52.5 cm³/mol. The van der Waals surface area contributed by atoms with E-state index in [1.807, 2.05) is 0 Å². The van der Waals surface area contributed by atoms with Gasteiger partial charge in [0.05, 0.1) is 29.6 Å². The van der Waals surface area contributed by atoms with Gasteiger partial charge in [-0.25, -0.2) is 4.98 Å². The fourth-order valence-corrected chi connectivity index (χ4v) is 1.17. The van der Waals surface area contributed by atoms with E-state index in [0.717, 1.165) is 6.07 Å². The molecule has 0 aliphatic heterocycles. The SMILES string of the molecule is N#CCc1nc(CN)c(N)cc1OC(F)(F)F. The van der Waals surface area contributed by atoms with E-state index in [1.165, 1.54) is 0 Å². The van der Waals surface area contributed by atoms with Crippen LogP contribution in [-0.4, -0.2) is 11.3 Å². The average Bonchev–Trinajstić information content (AvgIpc) is 2.20. The topological polar surface area (TPSA) is 98.0 Å². The molecule has 0 saturated carbocycles. The molecule has 0 aliphatic carbocycles. The maximum atomic E-state index is 12.1. The Kier molecular flexibility index (Phi) is 3.75. The third-order valence-electron chi connectivity index (χ3n) is 1.84. The molecule has 17 heavy (non-hydrogen) atoms. The van der Waals surface area contributed by atoms with Crippen LogP contribution in [0.2, 0.25) is 0 Å². The van der Waals surface area contributed by atoms with E-state index < -0.39 is 12.1 Å². The highest BCUT2D eigenvalue weighted by Gasteiger charge is 2.32. The molecular formula is C9H9F3N4O. The number of nitrogen functional groups attached to an aromatic ring is 1. The first kappa shape index (κ1) is 13.1. The number of hydrogen-bond donors (Lipinski definition) is 2. The lowest BCUT2D eigenvalue weighted by Gasteiger charge is -2.13. The van der Waals surface area contributed by atoms with Crippen LogP contribution in [0, 0.1) is 11.3 Å². The molecule has 0 atom stereocenters. The number of anilines is 1. The number of nitrogens with zero attached hydrogens (tertiary/aromatic N) is 2. The Morgan fingerprint density at radius 2 is 2.06 bits per heavy atom. The van der Waals surface area contributed by atoms with E-state index >= 15 is 0 Å². The Hall–Kier alpha value is -2.01. The standard InChI is InChI=1S/C9H9F3N4O/c10-9(11,12)17-8-3-5(15)7(4-14)16-6(8)1-2-13/h3H,1,4,14-15H2. The Morgan fingerprint density at radius 3 is 2.53 bits per heavy atom. The number of pyridine rings is 1. The smallest absolute Gasteiger partial charge is 0.404 e. The average molecular weight is 246 g/mol. The van der Waals surface area contributed by atoms with E-state index in [1.54, 1.807) is 6.07 Å². The first-order chi connectivity index (χ1) is 7.87. The summed E-state index contributed by atoms with van der Waals surface area (Å²) in [5.41, 5.74) is 10.8. The summed E-state index contributed by atoms with van der Waals surface area (Å²) in [6.45, 7) is -0.0312. The second kappa shape index (κ2) is 4.88. The molecule has 0 aliphatic rings. The predicted octanol–water partition coefficient (Wildman–Crippen LogP) is 1.09. The molecule has 1 aromatic rings. The minimum Gasteiger partial charge on any atom is -0.404 e. The zero-order valence-corrected chi connectivity index (χ0v) is 8.58. The first-order valence-corrected chi connectivity index (χ1v) is 4.48. The van der Waals surface area contributed by atoms with Gasteiger partial charge in [0, 0.05) is 12.6 Å². The van der Waals surface area contributed by atoms with Gasteiger partial charge in [-0.2, -0.15) is 5.26 Å². The van der Waals surface area contributed by atoms with Crippen molar-refractivity contribution in [1.82, 2.24) is 4.98 Å². The van der Waals surface area contributed by atoms with Crippen molar-refractivity contribution in [2.75, 3.05) is 5.73 Å². The molecule has 0 fully saturated rings. The van der Waals surface area contributed by atoms with Crippen molar-refractivity contribution < 1.29 is 17.9 Å². The lowest BCUT2D eigenvalue weighted by atomic mass is 10.2. The molecule has 1 rings (SSSR count). The van der Waals surface area contributed by atoms with Crippen LogP contribution in [0.25, 0.3) is 0 Å². The summed E-state index contributed by atoms with van der Waals surface area (Å²) in [5.74, 6) is -0.575. The van der Waals surface area contributed by atoms with Crippen molar-refractivity contribution in [2.24, 2.45) is 5.73 Å². The van der Waals surface area contributed by atoms with Crippen LogP contribution in [-0.2, 0) is 13.0 Å². The zero-order valence-electron chi connectivity index (χ0n) is 8.58. The molecule has 8 heteroatoms. The second-order valence-corrected chi connectivity index (χ2v) is 3.06. The fraction of sp³-hybridized carbons (Fsp3) is 0.333. The van der Waals surface area contributed by atoms with Gasteiger partial charge in [-0.3, -0.25) is 0 Å². The quantitative estimate of drug-likeness (QED) is 0.831. The summed E-state index contributed by atoms with van der Waals surface area (Å²) < 4.78 is 40.0. The highest BCUT2D eigenvalue weighted by Crippen LogP contribution is 2.28. The Bertz CT molecular complexity index is 453. The van der Waals surface area contributed by atoms with Crippen LogP contribution in [0.5, 0.6) is 5.75 Å². The lowest BCUT2D eigenvalue weighted by molar-refractivity contribution is -0.275. The molecule has 0 amide bonds. The molecule has 1 aromatic heterocycles. The van der Waals surface area contributed by atoms with Crippen molar-refractivity contribution in [2.45, 2.75) is 19.3 Å². The van der Waals surface area contributed by atoms with Gasteiger partial charge >= 0.3 is 6.36 Å². The molecule has 0 aromatic carbocycles. The van der Waals surface area contributed by atoms with E-state index in [2.05, 4.69) is 9.72 Å². The maximum Gasteiger partial charge on any atom is 0.573 e. The first-order valence-electron chi connectivity index (χ1n) is 4.48. The zero-order chi connectivity index (χ0) is 13.1. The van der Waals surface area contributed by atoms with Crippen LogP contribution in [0.3, 0.4) is 0 Å². The van der Waals surface area contributed by atoms with E-state index in [4.69, 9.17) is 16.7 Å². The largest absolute Gasteiger partial charge is 0.573 e. The number of rotatable bonds is 3.